The van der Waals surface area contributed by atoms with Gasteiger partial charge in [-0.1, -0.05) is 15.9 Å². The van der Waals surface area contributed by atoms with E-state index in [1.54, 1.807) is 0 Å². The molecule has 0 fully saturated rings. The first-order valence-corrected chi connectivity index (χ1v) is 6.58. The lowest BCUT2D eigenvalue weighted by atomic mass is 10.2. The second-order valence-electron chi connectivity index (χ2n) is 4.05. The highest BCUT2D eigenvalue weighted by Crippen LogP contribution is 2.23. The fourth-order valence-corrected chi connectivity index (χ4v) is 2.03. The van der Waals surface area contributed by atoms with Crippen molar-refractivity contribution in [2.75, 3.05) is 0 Å². The first-order valence-electron chi connectivity index (χ1n) is 5.79. The second-order valence-corrected chi connectivity index (χ2v) is 4.91. The Labute approximate surface area is 127 Å². The smallest absolute Gasteiger partial charge is 0.270 e. The Kier molecular flexibility index (Phi) is 4.71. The van der Waals surface area contributed by atoms with Crippen LogP contribution in [0.1, 0.15) is 11.3 Å². The molecule has 0 saturated carbocycles. The Morgan fingerprint density at radius 2 is 2.14 bits per heavy atom. The van der Waals surface area contributed by atoms with Crippen LogP contribution < -0.4 is 10.2 Å². The average Bonchev–Trinajstić information content (AvgIpc) is 2.46. The molecule has 0 aliphatic rings. The summed E-state index contributed by atoms with van der Waals surface area (Å²) in [5.41, 5.74) is 0.187. The molecule has 0 spiro atoms. The van der Waals surface area contributed by atoms with Crippen LogP contribution in [0, 0.1) is 10.1 Å². The number of nitro benzene ring substituents is 1. The summed E-state index contributed by atoms with van der Waals surface area (Å²) in [4.78, 5) is 21.8. The van der Waals surface area contributed by atoms with Crippen molar-refractivity contribution in [3.63, 3.8) is 0 Å². The van der Waals surface area contributed by atoms with Crippen LogP contribution in [0.15, 0.2) is 44.2 Å². The van der Waals surface area contributed by atoms with Crippen LogP contribution in [0.2, 0.25) is 0 Å². The van der Waals surface area contributed by atoms with Gasteiger partial charge >= 0.3 is 0 Å². The molecule has 1 aromatic carbocycles. The molecule has 1 heterocycles. The van der Waals surface area contributed by atoms with Gasteiger partial charge < -0.3 is 14.3 Å². The first kappa shape index (κ1) is 15.2. The zero-order valence-corrected chi connectivity index (χ0v) is 12.2. The van der Waals surface area contributed by atoms with E-state index in [-0.39, 0.29) is 30.4 Å². The molecule has 0 aliphatic carbocycles. The van der Waals surface area contributed by atoms with Crippen molar-refractivity contribution < 1.29 is 19.2 Å². The third-order valence-corrected chi connectivity index (χ3v) is 3.38. The van der Waals surface area contributed by atoms with Crippen LogP contribution in [0.25, 0.3) is 0 Å². The lowest BCUT2D eigenvalue weighted by molar-refractivity contribution is -0.384. The van der Waals surface area contributed by atoms with E-state index in [9.17, 15) is 14.9 Å². The lowest BCUT2D eigenvalue weighted by Crippen LogP contribution is -2.08. The van der Waals surface area contributed by atoms with Crippen molar-refractivity contribution in [1.82, 2.24) is 0 Å². The molecule has 0 aliphatic heterocycles. The molecule has 21 heavy (non-hydrogen) atoms. The van der Waals surface area contributed by atoms with Crippen molar-refractivity contribution in [2.24, 2.45) is 0 Å². The van der Waals surface area contributed by atoms with Crippen molar-refractivity contribution in [2.45, 2.75) is 13.2 Å². The normalized spacial score (nSPS) is 10.4. The number of ether oxygens (including phenoxy) is 1. The van der Waals surface area contributed by atoms with E-state index >= 15 is 0 Å². The maximum absolute atomic E-state index is 11.7. The van der Waals surface area contributed by atoms with Gasteiger partial charge in [-0.2, -0.15) is 0 Å². The summed E-state index contributed by atoms with van der Waals surface area (Å²) in [6.07, 6.45) is 1.12. The van der Waals surface area contributed by atoms with Crippen LogP contribution in [0.5, 0.6) is 5.75 Å². The first-order chi connectivity index (χ1) is 10.0. The monoisotopic (exact) mass is 355 g/mol. The van der Waals surface area contributed by atoms with Gasteiger partial charge in [0, 0.05) is 28.2 Å². The van der Waals surface area contributed by atoms with Crippen LogP contribution >= 0.6 is 15.9 Å². The Hall–Kier alpha value is -2.19. The van der Waals surface area contributed by atoms with E-state index < -0.39 is 10.4 Å². The number of nitro groups is 1. The standard InChI is InChI=1S/C13H10BrNO6/c14-11-3-9(15(18)19)2-1-8(11)6-21-13-7-20-10(5-16)4-12(13)17/h1-4,7,16H,5-6H2. The summed E-state index contributed by atoms with van der Waals surface area (Å²) in [6.45, 7) is -0.328. The zero-order chi connectivity index (χ0) is 15.4. The van der Waals surface area contributed by atoms with Crippen molar-refractivity contribution in [3.8, 4) is 5.75 Å². The SMILES string of the molecule is O=c1cc(CO)occ1OCc1ccc([N+](=O)[O-])cc1Br. The number of non-ortho nitro benzene ring substituents is 1. The van der Waals surface area contributed by atoms with Crippen molar-refractivity contribution in [3.05, 3.63) is 66.7 Å². The third-order valence-electron chi connectivity index (χ3n) is 2.64. The van der Waals surface area contributed by atoms with E-state index in [0.29, 0.717) is 10.0 Å². The number of hydrogen-bond acceptors (Lipinski definition) is 6. The molecular formula is C13H10BrNO6. The van der Waals surface area contributed by atoms with Gasteiger partial charge in [-0.05, 0) is 6.07 Å². The minimum absolute atomic E-state index is 0.00236. The van der Waals surface area contributed by atoms with Gasteiger partial charge in [-0.3, -0.25) is 14.9 Å². The van der Waals surface area contributed by atoms with Gasteiger partial charge in [0.1, 0.15) is 25.2 Å². The van der Waals surface area contributed by atoms with Crippen LogP contribution in [0.4, 0.5) is 5.69 Å². The van der Waals surface area contributed by atoms with Crippen LogP contribution in [0.3, 0.4) is 0 Å². The Bertz CT molecular complexity index is 727. The number of aliphatic hydroxyl groups is 1. The number of rotatable bonds is 5. The third kappa shape index (κ3) is 3.67. The minimum atomic E-state index is -0.502. The Morgan fingerprint density at radius 3 is 2.71 bits per heavy atom. The summed E-state index contributed by atoms with van der Waals surface area (Å²) in [6, 6.07) is 5.38. The van der Waals surface area contributed by atoms with E-state index in [2.05, 4.69) is 15.9 Å². The molecule has 110 valence electrons. The van der Waals surface area contributed by atoms with Gasteiger partial charge in [0.15, 0.2) is 0 Å². The Balaban J connectivity index is 2.13. The van der Waals surface area contributed by atoms with E-state index in [1.807, 2.05) is 0 Å². The number of halogens is 1. The maximum atomic E-state index is 11.7. The Morgan fingerprint density at radius 1 is 1.38 bits per heavy atom. The molecule has 0 radical (unpaired) electrons. The lowest BCUT2D eigenvalue weighted by Gasteiger charge is -2.07. The molecule has 8 heteroatoms. The number of nitrogens with zero attached hydrogens (tertiary/aromatic N) is 1. The average molecular weight is 356 g/mol. The molecule has 7 nitrogen and oxygen atoms in total. The number of hydrogen-bond donors (Lipinski definition) is 1. The topological polar surface area (TPSA) is 103 Å². The van der Waals surface area contributed by atoms with Crippen molar-refractivity contribution in [1.29, 1.82) is 0 Å². The summed E-state index contributed by atoms with van der Waals surface area (Å²) >= 11 is 3.21. The molecule has 1 N–H and O–H groups in total. The molecule has 1 aromatic heterocycles. The van der Waals surface area contributed by atoms with Gasteiger partial charge in [-0.25, -0.2) is 0 Å². The molecule has 0 saturated heterocycles. The summed E-state index contributed by atoms with van der Waals surface area (Å²) in [5.74, 6) is 0.140. The van der Waals surface area contributed by atoms with Gasteiger partial charge in [0.25, 0.3) is 5.69 Å². The number of aliphatic hydroxyl groups excluding tert-OH is 1. The van der Waals surface area contributed by atoms with Gasteiger partial charge in [0.05, 0.1) is 4.92 Å². The largest absolute Gasteiger partial charge is 0.482 e. The predicted molar refractivity (Wildman–Crippen MR) is 76.0 cm³/mol. The molecule has 0 unspecified atom stereocenters. The van der Waals surface area contributed by atoms with E-state index in [4.69, 9.17) is 14.3 Å². The minimum Gasteiger partial charge on any atom is -0.482 e. The molecule has 0 bridgehead atoms. The fourth-order valence-electron chi connectivity index (χ4n) is 1.55. The maximum Gasteiger partial charge on any atom is 0.270 e. The highest BCUT2D eigenvalue weighted by Gasteiger charge is 2.10. The van der Waals surface area contributed by atoms with Gasteiger partial charge in [-0.15, -0.1) is 0 Å². The molecule has 0 atom stereocenters. The van der Waals surface area contributed by atoms with Gasteiger partial charge in [0.2, 0.25) is 11.2 Å². The van der Waals surface area contributed by atoms with Crippen LogP contribution in [-0.4, -0.2) is 10.0 Å². The summed E-state index contributed by atoms with van der Waals surface area (Å²) in [5, 5.41) is 19.5. The zero-order valence-electron chi connectivity index (χ0n) is 10.6. The van der Waals surface area contributed by atoms with E-state index in [1.165, 1.54) is 18.2 Å². The summed E-state index contributed by atoms with van der Waals surface area (Å²) < 4.78 is 10.8. The quantitative estimate of drug-likeness (QED) is 0.652. The molecule has 2 rings (SSSR count). The van der Waals surface area contributed by atoms with Crippen LogP contribution in [-0.2, 0) is 13.2 Å². The summed E-state index contributed by atoms with van der Waals surface area (Å²) in [7, 11) is 0. The van der Waals surface area contributed by atoms with E-state index in [0.717, 1.165) is 12.3 Å². The molecular weight excluding hydrogens is 346 g/mol. The highest BCUT2D eigenvalue weighted by molar-refractivity contribution is 9.10. The predicted octanol–water partition coefficient (Wildman–Crippen LogP) is 2.38. The second kappa shape index (κ2) is 6.51. The van der Waals surface area contributed by atoms with Crippen molar-refractivity contribution >= 4 is 21.6 Å². The highest BCUT2D eigenvalue weighted by atomic mass is 79.9. The molecule has 2 aromatic rings. The fraction of sp³-hybridized carbons (Fsp3) is 0.154. The number of benzene rings is 1. The molecule has 0 amide bonds.